The van der Waals surface area contributed by atoms with Crippen molar-refractivity contribution in [3.8, 4) is 0 Å². The normalized spacial score (nSPS) is 12.5. The number of sulfonamides is 1. The summed E-state index contributed by atoms with van der Waals surface area (Å²) in [5.41, 5.74) is 3.74. The molecular weight excluding hydrogens is 324 g/mol. The van der Waals surface area contributed by atoms with Crippen molar-refractivity contribution in [2.75, 3.05) is 11.0 Å². The first-order chi connectivity index (χ1) is 11.2. The van der Waals surface area contributed by atoms with E-state index in [1.807, 2.05) is 38.1 Å². The number of carbonyl (C=O) groups is 1. The van der Waals surface area contributed by atoms with Crippen LogP contribution in [0, 0.1) is 13.8 Å². The van der Waals surface area contributed by atoms with Gasteiger partial charge in [-0.2, -0.15) is 0 Å². The molecule has 0 saturated heterocycles. The zero-order valence-electron chi connectivity index (χ0n) is 14.3. The van der Waals surface area contributed by atoms with Gasteiger partial charge in [0.1, 0.15) is 0 Å². The summed E-state index contributed by atoms with van der Waals surface area (Å²) >= 11 is 0. The van der Waals surface area contributed by atoms with E-state index >= 15 is 0 Å². The maximum Gasteiger partial charge on any atom is 0.251 e. The maximum atomic E-state index is 12.4. The summed E-state index contributed by atoms with van der Waals surface area (Å²) in [6.45, 7) is 5.70. The molecule has 0 aliphatic carbocycles. The summed E-state index contributed by atoms with van der Waals surface area (Å²) < 4.78 is 25.3. The number of amides is 1. The van der Waals surface area contributed by atoms with Crippen LogP contribution in [0.15, 0.2) is 42.5 Å². The first-order valence-electron chi connectivity index (χ1n) is 7.61. The van der Waals surface area contributed by atoms with Crippen LogP contribution in [-0.4, -0.2) is 20.6 Å². The predicted octanol–water partition coefficient (Wildman–Crippen LogP) is 3.17. The van der Waals surface area contributed by atoms with E-state index in [-0.39, 0.29) is 11.9 Å². The number of benzene rings is 2. The van der Waals surface area contributed by atoms with Crippen LogP contribution in [0.4, 0.5) is 5.69 Å². The average Bonchev–Trinajstić information content (AvgIpc) is 2.48. The van der Waals surface area contributed by atoms with Crippen molar-refractivity contribution in [3.05, 3.63) is 64.7 Å². The standard InChI is InChI=1S/C18H22N2O3S/c1-12-5-8-15(9-6-12)14(3)19-18(21)16-10-7-13(2)17(11-16)20-24(4,22)23/h5-11,14,20H,1-4H3,(H,19,21). The third-order valence-corrected chi connectivity index (χ3v) is 4.31. The molecule has 0 heterocycles. The summed E-state index contributed by atoms with van der Waals surface area (Å²) in [5, 5.41) is 2.93. The van der Waals surface area contributed by atoms with E-state index in [9.17, 15) is 13.2 Å². The summed E-state index contributed by atoms with van der Waals surface area (Å²) in [4.78, 5) is 12.4. The number of carbonyl (C=O) groups excluding carboxylic acids is 1. The summed E-state index contributed by atoms with van der Waals surface area (Å²) in [6.07, 6.45) is 1.08. The molecule has 0 bridgehead atoms. The van der Waals surface area contributed by atoms with Crippen LogP contribution >= 0.6 is 0 Å². The third kappa shape index (κ3) is 4.83. The van der Waals surface area contributed by atoms with Gasteiger partial charge < -0.3 is 5.32 Å². The minimum Gasteiger partial charge on any atom is -0.346 e. The molecule has 128 valence electrons. The Balaban J connectivity index is 2.17. The summed E-state index contributed by atoms with van der Waals surface area (Å²) in [7, 11) is -3.39. The van der Waals surface area contributed by atoms with Crippen LogP contribution in [0.25, 0.3) is 0 Å². The second-order valence-corrected chi connectivity index (χ2v) is 7.76. The molecule has 0 aliphatic rings. The molecule has 1 amide bonds. The van der Waals surface area contributed by atoms with Gasteiger partial charge in [-0.15, -0.1) is 0 Å². The van der Waals surface area contributed by atoms with Crippen molar-refractivity contribution < 1.29 is 13.2 Å². The Hall–Kier alpha value is -2.34. The second kappa shape index (κ2) is 7.05. The SMILES string of the molecule is Cc1ccc(C(C)NC(=O)c2ccc(C)c(NS(C)(=O)=O)c2)cc1. The number of nitrogens with one attached hydrogen (secondary N) is 2. The lowest BCUT2D eigenvalue weighted by Gasteiger charge is -2.16. The third-order valence-electron chi connectivity index (χ3n) is 3.72. The van der Waals surface area contributed by atoms with Crippen molar-refractivity contribution in [3.63, 3.8) is 0 Å². The predicted molar refractivity (Wildman–Crippen MR) is 96.7 cm³/mol. The zero-order chi connectivity index (χ0) is 17.9. The fraction of sp³-hybridized carbons (Fsp3) is 0.278. The van der Waals surface area contributed by atoms with Crippen molar-refractivity contribution >= 4 is 21.6 Å². The highest BCUT2D eigenvalue weighted by Crippen LogP contribution is 2.19. The number of hydrogen-bond donors (Lipinski definition) is 2. The van der Waals surface area contributed by atoms with Crippen LogP contribution in [0.1, 0.15) is 40.0 Å². The monoisotopic (exact) mass is 346 g/mol. The molecule has 0 saturated carbocycles. The highest BCUT2D eigenvalue weighted by atomic mass is 32.2. The first kappa shape index (κ1) is 18.0. The highest BCUT2D eigenvalue weighted by Gasteiger charge is 2.14. The van der Waals surface area contributed by atoms with Crippen molar-refractivity contribution in [2.45, 2.75) is 26.8 Å². The topological polar surface area (TPSA) is 75.3 Å². The lowest BCUT2D eigenvalue weighted by molar-refractivity contribution is 0.0940. The van der Waals surface area contributed by atoms with E-state index in [1.54, 1.807) is 25.1 Å². The molecule has 0 fully saturated rings. The Morgan fingerprint density at radius 1 is 1.04 bits per heavy atom. The molecule has 6 heteroatoms. The van der Waals surface area contributed by atoms with Crippen molar-refractivity contribution in [2.24, 2.45) is 0 Å². The molecular formula is C18H22N2O3S. The van der Waals surface area contributed by atoms with E-state index < -0.39 is 10.0 Å². The Bertz CT molecular complexity index is 843. The zero-order valence-corrected chi connectivity index (χ0v) is 15.1. The fourth-order valence-corrected chi connectivity index (χ4v) is 2.91. The molecule has 0 aliphatic heterocycles. The van der Waals surface area contributed by atoms with Crippen LogP contribution < -0.4 is 10.0 Å². The number of anilines is 1. The lowest BCUT2D eigenvalue weighted by atomic mass is 10.1. The Kier molecular flexibility index (Phi) is 5.29. The van der Waals surface area contributed by atoms with Gasteiger partial charge in [0.15, 0.2) is 0 Å². The highest BCUT2D eigenvalue weighted by molar-refractivity contribution is 7.92. The van der Waals surface area contributed by atoms with E-state index in [0.29, 0.717) is 11.3 Å². The minimum absolute atomic E-state index is 0.147. The Labute approximate surface area is 143 Å². The van der Waals surface area contributed by atoms with E-state index in [2.05, 4.69) is 10.0 Å². The molecule has 2 N–H and O–H groups in total. The number of hydrogen-bond acceptors (Lipinski definition) is 3. The van der Waals surface area contributed by atoms with E-state index in [1.165, 1.54) is 0 Å². The second-order valence-electron chi connectivity index (χ2n) is 6.01. The van der Waals surface area contributed by atoms with Gasteiger partial charge in [-0.05, 0) is 44.0 Å². The number of aryl methyl sites for hydroxylation is 2. The Morgan fingerprint density at radius 3 is 2.25 bits per heavy atom. The first-order valence-corrected chi connectivity index (χ1v) is 9.51. The Morgan fingerprint density at radius 2 is 1.67 bits per heavy atom. The van der Waals surface area contributed by atoms with Gasteiger partial charge in [-0.3, -0.25) is 9.52 Å². The summed E-state index contributed by atoms with van der Waals surface area (Å²) in [5.74, 6) is -0.250. The lowest BCUT2D eigenvalue weighted by Crippen LogP contribution is -2.26. The molecule has 0 aromatic heterocycles. The smallest absolute Gasteiger partial charge is 0.251 e. The fourth-order valence-electron chi connectivity index (χ4n) is 2.29. The minimum atomic E-state index is -3.39. The molecule has 5 nitrogen and oxygen atoms in total. The van der Waals surface area contributed by atoms with Gasteiger partial charge in [0.05, 0.1) is 18.0 Å². The molecule has 2 aromatic carbocycles. The van der Waals surface area contributed by atoms with Crippen LogP contribution in [0.3, 0.4) is 0 Å². The molecule has 1 atom stereocenters. The van der Waals surface area contributed by atoms with Crippen LogP contribution in [0.2, 0.25) is 0 Å². The molecule has 0 spiro atoms. The van der Waals surface area contributed by atoms with Gasteiger partial charge >= 0.3 is 0 Å². The quantitative estimate of drug-likeness (QED) is 0.873. The van der Waals surface area contributed by atoms with Crippen LogP contribution in [0.5, 0.6) is 0 Å². The van der Waals surface area contributed by atoms with Gasteiger partial charge in [0, 0.05) is 5.56 Å². The van der Waals surface area contributed by atoms with Gasteiger partial charge in [0.2, 0.25) is 10.0 Å². The van der Waals surface area contributed by atoms with Crippen molar-refractivity contribution in [1.82, 2.24) is 5.32 Å². The van der Waals surface area contributed by atoms with E-state index in [4.69, 9.17) is 0 Å². The largest absolute Gasteiger partial charge is 0.346 e. The summed E-state index contributed by atoms with van der Waals surface area (Å²) in [6, 6.07) is 12.8. The molecule has 24 heavy (non-hydrogen) atoms. The molecule has 0 radical (unpaired) electrons. The van der Waals surface area contributed by atoms with Gasteiger partial charge in [-0.1, -0.05) is 35.9 Å². The maximum absolute atomic E-state index is 12.4. The van der Waals surface area contributed by atoms with Gasteiger partial charge in [0.25, 0.3) is 5.91 Å². The average molecular weight is 346 g/mol. The molecule has 1 unspecified atom stereocenters. The van der Waals surface area contributed by atoms with Crippen LogP contribution in [-0.2, 0) is 10.0 Å². The molecule has 2 aromatic rings. The van der Waals surface area contributed by atoms with Crippen molar-refractivity contribution in [1.29, 1.82) is 0 Å². The number of rotatable bonds is 5. The van der Waals surface area contributed by atoms with Gasteiger partial charge in [-0.25, -0.2) is 8.42 Å². The molecule has 2 rings (SSSR count). The van der Waals surface area contributed by atoms with E-state index in [0.717, 1.165) is 22.9 Å².